The normalized spacial score (nSPS) is 10.4. The van der Waals surface area contributed by atoms with Crippen LogP contribution in [0.3, 0.4) is 0 Å². The molecule has 7 nitrogen and oxygen atoms in total. The maximum absolute atomic E-state index is 11.2. The fraction of sp³-hybridized carbons (Fsp3) is 0.0909. The number of nitrogens with one attached hydrogen (secondary N) is 1. The SMILES string of the molecule is Nc1cc(=O)[nH]c(SCc2ccc(Cl)c([N+](=O)[O-])c2)n1. The quantitative estimate of drug-likeness (QED) is 0.387. The van der Waals surface area contributed by atoms with Crippen molar-refractivity contribution in [2.75, 3.05) is 5.73 Å². The lowest BCUT2D eigenvalue weighted by molar-refractivity contribution is -0.384. The smallest absolute Gasteiger partial charge is 0.288 e. The van der Waals surface area contributed by atoms with Gasteiger partial charge in [0.1, 0.15) is 10.8 Å². The summed E-state index contributed by atoms with van der Waals surface area (Å²) in [6.45, 7) is 0. The summed E-state index contributed by atoms with van der Waals surface area (Å²) in [5, 5.41) is 11.2. The molecule has 0 bridgehead atoms. The average molecular weight is 313 g/mol. The molecule has 0 aliphatic heterocycles. The summed E-state index contributed by atoms with van der Waals surface area (Å²) in [5.41, 5.74) is 5.65. The van der Waals surface area contributed by atoms with Crippen molar-refractivity contribution in [3.8, 4) is 0 Å². The summed E-state index contributed by atoms with van der Waals surface area (Å²) in [4.78, 5) is 27.9. The maximum atomic E-state index is 11.2. The van der Waals surface area contributed by atoms with Gasteiger partial charge in [-0.2, -0.15) is 0 Å². The summed E-state index contributed by atoms with van der Waals surface area (Å²) < 4.78 is 0. The zero-order chi connectivity index (χ0) is 14.7. The zero-order valence-electron chi connectivity index (χ0n) is 10.00. The first-order valence-electron chi connectivity index (χ1n) is 5.38. The Morgan fingerprint density at radius 2 is 2.20 bits per heavy atom. The van der Waals surface area contributed by atoms with Gasteiger partial charge in [-0.1, -0.05) is 29.4 Å². The van der Waals surface area contributed by atoms with E-state index in [1.165, 1.54) is 30.0 Å². The van der Waals surface area contributed by atoms with Crippen LogP contribution in [0.4, 0.5) is 11.5 Å². The van der Waals surface area contributed by atoms with Crippen molar-refractivity contribution >= 4 is 34.9 Å². The number of thioether (sulfide) groups is 1. The fourth-order valence-electron chi connectivity index (χ4n) is 1.46. The van der Waals surface area contributed by atoms with Crippen molar-refractivity contribution < 1.29 is 4.92 Å². The summed E-state index contributed by atoms with van der Waals surface area (Å²) in [7, 11) is 0. The van der Waals surface area contributed by atoms with Crippen molar-refractivity contribution in [3.63, 3.8) is 0 Å². The summed E-state index contributed by atoms with van der Waals surface area (Å²) in [5.74, 6) is 0.517. The van der Waals surface area contributed by atoms with Gasteiger partial charge in [0.25, 0.3) is 11.2 Å². The van der Waals surface area contributed by atoms with Crippen LogP contribution in [0.1, 0.15) is 5.56 Å². The Labute approximate surface area is 122 Å². The predicted octanol–water partition coefficient (Wildman–Crippen LogP) is 2.21. The standard InChI is InChI=1S/C11H9ClN4O3S/c12-7-2-1-6(3-8(7)16(18)19)5-20-11-14-9(13)4-10(17)15-11/h1-4H,5H2,(H3,13,14,15,17). The Hall–Kier alpha value is -2.06. The lowest BCUT2D eigenvalue weighted by Crippen LogP contribution is -2.09. The van der Waals surface area contributed by atoms with E-state index in [2.05, 4.69) is 9.97 Å². The Bertz CT molecular complexity index is 719. The minimum atomic E-state index is -0.545. The molecule has 0 amide bonds. The number of nitrogen functional groups attached to an aromatic ring is 1. The van der Waals surface area contributed by atoms with Crippen molar-refractivity contribution in [1.82, 2.24) is 9.97 Å². The highest BCUT2D eigenvalue weighted by Crippen LogP contribution is 2.27. The summed E-state index contributed by atoms with van der Waals surface area (Å²) in [6, 6.07) is 5.70. The number of nitrogens with two attached hydrogens (primary N) is 1. The maximum Gasteiger partial charge on any atom is 0.288 e. The van der Waals surface area contributed by atoms with Crippen LogP contribution in [0, 0.1) is 10.1 Å². The highest BCUT2D eigenvalue weighted by atomic mass is 35.5. The first-order valence-corrected chi connectivity index (χ1v) is 6.74. The largest absolute Gasteiger partial charge is 0.383 e. The summed E-state index contributed by atoms with van der Waals surface area (Å²) >= 11 is 6.94. The third-order valence-electron chi connectivity index (χ3n) is 2.32. The molecule has 9 heteroatoms. The van der Waals surface area contributed by atoms with Crippen molar-refractivity contribution in [1.29, 1.82) is 0 Å². The van der Waals surface area contributed by atoms with Crippen LogP contribution in [0.15, 0.2) is 34.2 Å². The molecule has 0 radical (unpaired) electrons. The van der Waals surface area contributed by atoms with Gasteiger partial charge in [-0.15, -0.1) is 0 Å². The molecule has 1 heterocycles. The minimum Gasteiger partial charge on any atom is -0.383 e. The molecule has 0 unspecified atom stereocenters. The van der Waals surface area contributed by atoms with E-state index >= 15 is 0 Å². The molecule has 2 rings (SSSR count). The first kappa shape index (κ1) is 14.4. The number of anilines is 1. The molecule has 0 atom stereocenters. The Morgan fingerprint density at radius 1 is 1.45 bits per heavy atom. The van der Waals surface area contributed by atoms with E-state index in [4.69, 9.17) is 17.3 Å². The lowest BCUT2D eigenvalue weighted by atomic mass is 10.2. The van der Waals surface area contributed by atoms with Crippen LogP contribution in [-0.2, 0) is 5.75 Å². The number of aromatic amines is 1. The number of rotatable bonds is 4. The number of nitrogens with zero attached hydrogens (tertiary/aromatic N) is 2. The molecule has 20 heavy (non-hydrogen) atoms. The predicted molar refractivity (Wildman–Crippen MR) is 76.9 cm³/mol. The second-order valence-electron chi connectivity index (χ2n) is 3.81. The molecular formula is C11H9ClN4O3S. The van der Waals surface area contributed by atoms with E-state index in [1.807, 2.05) is 0 Å². The minimum absolute atomic E-state index is 0.0826. The van der Waals surface area contributed by atoms with E-state index in [0.717, 1.165) is 0 Å². The molecular weight excluding hydrogens is 304 g/mol. The van der Waals surface area contributed by atoms with Gasteiger partial charge >= 0.3 is 0 Å². The molecule has 104 valence electrons. The second-order valence-corrected chi connectivity index (χ2v) is 5.18. The molecule has 0 aliphatic rings. The highest BCUT2D eigenvalue weighted by Gasteiger charge is 2.13. The van der Waals surface area contributed by atoms with Crippen LogP contribution in [0.5, 0.6) is 0 Å². The number of halogens is 1. The van der Waals surface area contributed by atoms with Crippen LogP contribution < -0.4 is 11.3 Å². The Kier molecular flexibility index (Phi) is 4.26. The van der Waals surface area contributed by atoms with E-state index in [1.54, 1.807) is 6.07 Å². The number of nitro benzene ring substituents is 1. The molecule has 2 aromatic rings. The Balaban J connectivity index is 2.16. The number of H-pyrrole nitrogens is 1. The number of benzene rings is 1. The number of aromatic nitrogens is 2. The highest BCUT2D eigenvalue weighted by molar-refractivity contribution is 7.98. The molecule has 0 saturated carbocycles. The number of nitro groups is 1. The molecule has 0 aliphatic carbocycles. The number of hydrogen-bond acceptors (Lipinski definition) is 6. The van der Waals surface area contributed by atoms with Crippen LogP contribution >= 0.6 is 23.4 Å². The monoisotopic (exact) mass is 312 g/mol. The summed E-state index contributed by atoms with van der Waals surface area (Å²) in [6.07, 6.45) is 0. The van der Waals surface area contributed by atoms with Gasteiger partial charge in [-0.3, -0.25) is 14.9 Å². The molecule has 0 fully saturated rings. The molecule has 0 spiro atoms. The fourth-order valence-corrected chi connectivity index (χ4v) is 2.47. The third-order valence-corrected chi connectivity index (χ3v) is 3.59. The van der Waals surface area contributed by atoms with Gasteiger partial charge in [0.05, 0.1) is 4.92 Å². The lowest BCUT2D eigenvalue weighted by Gasteiger charge is -2.03. The van der Waals surface area contributed by atoms with Crippen molar-refractivity contribution in [2.45, 2.75) is 10.9 Å². The number of hydrogen-bond donors (Lipinski definition) is 2. The molecule has 1 aromatic carbocycles. The van der Waals surface area contributed by atoms with Gasteiger partial charge < -0.3 is 10.7 Å². The third kappa shape index (κ3) is 3.49. The van der Waals surface area contributed by atoms with Crippen molar-refractivity contribution in [3.05, 3.63) is 55.3 Å². The van der Waals surface area contributed by atoms with Crippen LogP contribution in [0.2, 0.25) is 5.02 Å². The van der Waals surface area contributed by atoms with E-state index in [0.29, 0.717) is 16.5 Å². The van der Waals surface area contributed by atoms with E-state index in [9.17, 15) is 14.9 Å². The van der Waals surface area contributed by atoms with Gasteiger partial charge in [-0.05, 0) is 11.6 Å². The second kappa shape index (κ2) is 5.93. The van der Waals surface area contributed by atoms with Crippen molar-refractivity contribution in [2.24, 2.45) is 0 Å². The van der Waals surface area contributed by atoms with Gasteiger partial charge in [0.2, 0.25) is 0 Å². The topological polar surface area (TPSA) is 115 Å². The van der Waals surface area contributed by atoms with E-state index < -0.39 is 4.92 Å². The van der Waals surface area contributed by atoms with E-state index in [-0.39, 0.29) is 22.1 Å². The average Bonchev–Trinajstić information content (AvgIpc) is 2.36. The van der Waals surface area contributed by atoms with Crippen LogP contribution in [0.25, 0.3) is 0 Å². The molecule has 1 aromatic heterocycles. The molecule has 0 saturated heterocycles. The van der Waals surface area contributed by atoms with Gasteiger partial charge in [0.15, 0.2) is 5.16 Å². The molecule has 3 N–H and O–H groups in total. The van der Waals surface area contributed by atoms with Gasteiger partial charge in [0, 0.05) is 17.9 Å². The van der Waals surface area contributed by atoms with Gasteiger partial charge in [-0.25, -0.2) is 4.98 Å². The zero-order valence-corrected chi connectivity index (χ0v) is 11.6. The van der Waals surface area contributed by atoms with Crippen LogP contribution in [-0.4, -0.2) is 14.9 Å². The first-order chi connectivity index (χ1) is 9.45. The Morgan fingerprint density at radius 3 is 2.85 bits per heavy atom.